The third kappa shape index (κ3) is 6.21. The Labute approximate surface area is 147 Å². The lowest BCUT2D eigenvalue weighted by atomic mass is 10.2. The molecule has 0 aliphatic rings. The Hall–Kier alpha value is -2.96. The second-order valence-corrected chi connectivity index (χ2v) is 5.65. The van der Waals surface area contributed by atoms with Crippen LogP contribution in [0.4, 0.5) is 17.2 Å². The lowest BCUT2D eigenvalue weighted by Gasteiger charge is -2.08. The number of amides is 2. The number of benzene rings is 1. The van der Waals surface area contributed by atoms with Crippen LogP contribution in [0.5, 0.6) is 0 Å². The Morgan fingerprint density at radius 2 is 1.84 bits per heavy atom. The molecule has 7 nitrogen and oxygen atoms in total. The summed E-state index contributed by atoms with van der Waals surface area (Å²) >= 11 is 0. The molecule has 2 aromatic rings. The summed E-state index contributed by atoms with van der Waals surface area (Å²) in [6.45, 7) is 4.22. The number of unbranched alkanes of at least 4 members (excludes halogenated alkanes) is 2. The van der Waals surface area contributed by atoms with Crippen molar-refractivity contribution in [2.45, 2.75) is 33.1 Å². The average molecular weight is 341 g/mol. The van der Waals surface area contributed by atoms with Crippen molar-refractivity contribution < 1.29 is 9.59 Å². The van der Waals surface area contributed by atoms with Crippen LogP contribution in [0.25, 0.3) is 0 Å². The van der Waals surface area contributed by atoms with E-state index in [2.05, 4.69) is 33.1 Å². The Bertz CT molecular complexity index is 716. The maximum absolute atomic E-state index is 12.0. The van der Waals surface area contributed by atoms with Gasteiger partial charge in [0, 0.05) is 24.8 Å². The zero-order valence-electron chi connectivity index (χ0n) is 14.5. The van der Waals surface area contributed by atoms with Crippen LogP contribution >= 0.6 is 0 Å². The summed E-state index contributed by atoms with van der Waals surface area (Å²) in [6, 6.07) is 10.6. The zero-order valence-corrected chi connectivity index (χ0v) is 14.5. The molecular weight excluding hydrogens is 318 g/mol. The molecule has 0 unspecified atom stereocenters. The molecular formula is C18H23N5O2. The van der Waals surface area contributed by atoms with Crippen molar-refractivity contribution in [3.05, 3.63) is 42.1 Å². The van der Waals surface area contributed by atoms with Crippen LogP contribution in [-0.2, 0) is 4.79 Å². The van der Waals surface area contributed by atoms with Gasteiger partial charge in [-0.15, -0.1) is 10.2 Å². The highest BCUT2D eigenvalue weighted by molar-refractivity contribution is 5.92. The van der Waals surface area contributed by atoms with Gasteiger partial charge < -0.3 is 16.0 Å². The van der Waals surface area contributed by atoms with Gasteiger partial charge in [-0.1, -0.05) is 25.8 Å². The van der Waals surface area contributed by atoms with Gasteiger partial charge in [-0.2, -0.15) is 0 Å². The van der Waals surface area contributed by atoms with E-state index < -0.39 is 0 Å². The Morgan fingerprint density at radius 3 is 2.52 bits per heavy atom. The quantitative estimate of drug-likeness (QED) is 0.641. The maximum Gasteiger partial charge on any atom is 0.271 e. The summed E-state index contributed by atoms with van der Waals surface area (Å²) in [5, 5.41) is 16.6. The number of carbonyl (C=O) groups excluding carboxylic acids is 2. The van der Waals surface area contributed by atoms with Gasteiger partial charge in [-0.3, -0.25) is 9.59 Å². The maximum atomic E-state index is 12.0. The van der Waals surface area contributed by atoms with Crippen molar-refractivity contribution in [1.82, 2.24) is 15.5 Å². The molecule has 0 fully saturated rings. The van der Waals surface area contributed by atoms with Crippen LogP contribution in [0, 0.1) is 0 Å². The van der Waals surface area contributed by atoms with Gasteiger partial charge in [0.15, 0.2) is 11.5 Å². The predicted octanol–water partition coefficient (Wildman–Crippen LogP) is 3.10. The molecule has 1 aromatic carbocycles. The molecule has 0 aliphatic carbocycles. The molecule has 0 bridgehead atoms. The van der Waals surface area contributed by atoms with Crippen LogP contribution < -0.4 is 16.0 Å². The number of rotatable bonds is 8. The lowest BCUT2D eigenvalue weighted by Crippen LogP contribution is -2.25. The number of carbonyl (C=O) groups is 2. The van der Waals surface area contributed by atoms with E-state index in [0.717, 1.165) is 24.9 Å². The number of hydrogen-bond acceptors (Lipinski definition) is 5. The number of nitrogens with zero attached hydrogens (tertiary/aromatic N) is 2. The highest BCUT2D eigenvalue weighted by Gasteiger charge is 2.07. The first-order valence-electron chi connectivity index (χ1n) is 8.35. The van der Waals surface area contributed by atoms with E-state index in [-0.39, 0.29) is 17.5 Å². The molecule has 7 heteroatoms. The van der Waals surface area contributed by atoms with E-state index in [4.69, 9.17) is 0 Å². The number of hydrogen-bond donors (Lipinski definition) is 3. The summed E-state index contributed by atoms with van der Waals surface area (Å²) in [7, 11) is 0. The molecule has 132 valence electrons. The van der Waals surface area contributed by atoms with E-state index >= 15 is 0 Å². The fourth-order valence-electron chi connectivity index (χ4n) is 2.21. The van der Waals surface area contributed by atoms with Gasteiger partial charge in [0.1, 0.15) is 0 Å². The van der Waals surface area contributed by atoms with Crippen molar-refractivity contribution in [2.24, 2.45) is 0 Å². The first kappa shape index (κ1) is 18.4. The molecule has 25 heavy (non-hydrogen) atoms. The molecule has 0 radical (unpaired) electrons. The molecule has 0 atom stereocenters. The fraction of sp³-hybridized carbons (Fsp3) is 0.333. The molecule has 3 N–H and O–H groups in total. The van der Waals surface area contributed by atoms with Crippen LogP contribution in [-0.4, -0.2) is 28.6 Å². The minimum Gasteiger partial charge on any atom is -0.351 e. The summed E-state index contributed by atoms with van der Waals surface area (Å²) in [6.07, 6.45) is 3.16. The molecule has 2 amide bonds. The van der Waals surface area contributed by atoms with E-state index in [0.29, 0.717) is 18.1 Å². The zero-order chi connectivity index (χ0) is 18.1. The number of nitrogens with one attached hydrogen (secondary N) is 3. The van der Waals surface area contributed by atoms with Crippen molar-refractivity contribution in [1.29, 1.82) is 0 Å². The van der Waals surface area contributed by atoms with Crippen molar-refractivity contribution in [2.75, 3.05) is 17.2 Å². The molecule has 1 heterocycles. The van der Waals surface area contributed by atoms with Gasteiger partial charge in [0.25, 0.3) is 5.91 Å². The van der Waals surface area contributed by atoms with Crippen LogP contribution in [0.1, 0.15) is 43.6 Å². The largest absolute Gasteiger partial charge is 0.351 e. The summed E-state index contributed by atoms with van der Waals surface area (Å²) in [5.41, 5.74) is 1.74. The summed E-state index contributed by atoms with van der Waals surface area (Å²) in [5.74, 6) is 0.163. The Kier molecular flexibility index (Phi) is 6.88. The third-order valence-electron chi connectivity index (χ3n) is 3.42. The topological polar surface area (TPSA) is 96.0 Å². The first-order chi connectivity index (χ1) is 12.1. The van der Waals surface area contributed by atoms with Gasteiger partial charge >= 0.3 is 0 Å². The van der Waals surface area contributed by atoms with Crippen LogP contribution in [0.3, 0.4) is 0 Å². The highest BCUT2D eigenvalue weighted by atomic mass is 16.2. The second kappa shape index (κ2) is 9.36. The molecule has 0 saturated heterocycles. The third-order valence-corrected chi connectivity index (χ3v) is 3.42. The first-order valence-corrected chi connectivity index (χ1v) is 8.35. The van der Waals surface area contributed by atoms with Gasteiger partial charge in [0.2, 0.25) is 5.91 Å². The fourth-order valence-corrected chi connectivity index (χ4v) is 2.21. The van der Waals surface area contributed by atoms with Crippen molar-refractivity contribution >= 4 is 29.0 Å². The van der Waals surface area contributed by atoms with Crippen molar-refractivity contribution in [3.8, 4) is 0 Å². The van der Waals surface area contributed by atoms with E-state index in [1.807, 2.05) is 12.1 Å². The smallest absolute Gasteiger partial charge is 0.271 e. The molecule has 1 aromatic heterocycles. The molecule has 2 rings (SSSR count). The minimum absolute atomic E-state index is 0.133. The number of anilines is 3. The molecule has 0 aliphatic heterocycles. The van der Waals surface area contributed by atoms with Crippen LogP contribution in [0.2, 0.25) is 0 Å². The van der Waals surface area contributed by atoms with Crippen LogP contribution in [0.15, 0.2) is 36.4 Å². The lowest BCUT2D eigenvalue weighted by molar-refractivity contribution is -0.114. The van der Waals surface area contributed by atoms with Crippen molar-refractivity contribution in [3.63, 3.8) is 0 Å². The Morgan fingerprint density at radius 1 is 1.04 bits per heavy atom. The van der Waals surface area contributed by atoms with Gasteiger partial charge in [0.05, 0.1) is 0 Å². The number of aromatic nitrogens is 2. The molecule has 0 saturated carbocycles. The standard InChI is InChI=1S/C18H23N5O2/c1-3-4-5-11-19-18(25)16-9-10-17(23-22-16)21-15-8-6-7-14(12-15)20-13(2)24/h6-10,12H,3-5,11H2,1-2H3,(H,19,25)(H,20,24)(H,21,23). The monoisotopic (exact) mass is 341 g/mol. The summed E-state index contributed by atoms with van der Waals surface area (Å²) < 4.78 is 0. The van der Waals surface area contributed by atoms with Gasteiger partial charge in [-0.25, -0.2) is 0 Å². The normalized spacial score (nSPS) is 10.2. The highest BCUT2D eigenvalue weighted by Crippen LogP contribution is 2.18. The second-order valence-electron chi connectivity index (χ2n) is 5.65. The Balaban J connectivity index is 1.94. The minimum atomic E-state index is -0.220. The molecule has 0 spiro atoms. The van der Waals surface area contributed by atoms with Gasteiger partial charge in [-0.05, 0) is 36.8 Å². The van der Waals surface area contributed by atoms with E-state index in [1.165, 1.54) is 6.92 Å². The average Bonchev–Trinajstić information content (AvgIpc) is 2.59. The SMILES string of the molecule is CCCCCNC(=O)c1ccc(Nc2cccc(NC(C)=O)c2)nn1. The predicted molar refractivity (Wildman–Crippen MR) is 97.9 cm³/mol. The van der Waals surface area contributed by atoms with E-state index in [9.17, 15) is 9.59 Å². The summed E-state index contributed by atoms with van der Waals surface area (Å²) in [4.78, 5) is 23.1. The van der Waals surface area contributed by atoms with E-state index in [1.54, 1.807) is 24.3 Å².